The summed E-state index contributed by atoms with van der Waals surface area (Å²) in [7, 11) is 4.00. The molecule has 0 saturated carbocycles. The lowest BCUT2D eigenvalue weighted by molar-refractivity contribution is 0.0697. The van der Waals surface area contributed by atoms with Gasteiger partial charge in [-0.25, -0.2) is 4.79 Å². The van der Waals surface area contributed by atoms with Gasteiger partial charge in [-0.15, -0.1) is 0 Å². The molecule has 0 aliphatic carbocycles. The molecular formula is C16H17NO2. The van der Waals surface area contributed by atoms with Gasteiger partial charge in [-0.3, -0.25) is 0 Å². The highest BCUT2D eigenvalue weighted by Crippen LogP contribution is 2.26. The minimum atomic E-state index is -0.891. The maximum Gasteiger partial charge on any atom is 0.335 e. The number of hydrogen-bond donors (Lipinski definition) is 1. The number of carboxylic acids is 1. The zero-order valence-electron chi connectivity index (χ0n) is 11.3. The van der Waals surface area contributed by atoms with E-state index < -0.39 is 5.97 Å². The Labute approximate surface area is 113 Å². The Hall–Kier alpha value is -2.29. The molecule has 0 bridgehead atoms. The summed E-state index contributed by atoms with van der Waals surface area (Å²) in [4.78, 5) is 13.0. The maximum atomic E-state index is 10.9. The van der Waals surface area contributed by atoms with Crippen molar-refractivity contribution in [1.29, 1.82) is 0 Å². The molecule has 19 heavy (non-hydrogen) atoms. The van der Waals surface area contributed by atoms with E-state index in [1.807, 2.05) is 32.0 Å². The lowest BCUT2D eigenvalue weighted by Crippen LogP contribution is -2.07. The molecule has 0 aliphatic heterocycles. The summed E-state index contributed by atoms with van der Waals surface area (Å²) in [5, 5.41) is 8.96. The molecular weight excluding hydrogens is 238 g/mol. The van der Waals surface area contributed by atoms with Gasteiger partial charge in [0.1, 0.15) is 0 Å². The van der Waals surface area contributed by atoms with Crippen molar-refractivity contribution in [1.82, 2.24) is 0 Å². The van der Waals surface area contributed by atoms with E-state index in [0.717, 1.165) is 22.4 Å². The van der Waals surface area contributed by atoms with Crippen LogP contribution in [0.3, 0.4) is 0 Å². The second-order valence-corrected chi connectivity index (χ2v) is 4.78. The van der Waals surface area contributed by atoms with Gasteiger partial charge in [0.25, 0.3) is 0 Å². The second-order valence-electron chi connectivity index (χ2n) is 4.78. The van der Waals surface area contributed by atoms with Crippen LogP contribution in [0, 0.1) is 6.92 Å². The van der Waals surface area contributed by atoms with E-state index in [1.165, 1.54) is 0 Å². The third kappa shape index (κ3) is 2.76. The van der Waals surface area contributed by atoms with Crippen molar-refractivity contribution in [2.45, 2.75) is 6.92 Å². The molecule has 0 unspecified atom stereocenters. The first-order valence-corrected chi connectivity index (χ1v) is 6.11. The minimum absolute atomic E-state index is 0.325. The fourth-order valence-electron chi connectivity index (χ4n) is 2.06. The molecule has 0 radical (unpaired) electrons. The summed E-state index contributed by atoms with van der Waals surface area (Å²) in [6.45, 7) is 1.93. The predicted molar refractivity (Wildman–Crippen MR) is 77.9 cm³/mol. The molecule has 0 aromatic heterocycles. The van der Waals surface area contributed by atoms with Crippen LogP contribution in [-0.2, 0) is 0 Å². The largest absolute Gasteiger partial charge is 0.478 e. The standard InChI is InChI=1S/C16H17NO2/c1-11-10-13(16(18)19)6-9-15(11)12-4-7-14(8-5-12)17(2)3/h4-10H,1-3H3,(H,18,19). The monoisotopic (exact) mass is 255 g/mol. The Morgan fingerprint density at radius 3 is 2.16 bits per heavy atom. The number of carboxylic acid groups (broad SMARTS) is 1. The molecule has 0 fully saturated rings. The molecule has 2 aromatic rings. The summed E-state index contributed by atoms with van der Waals surface area (Å²) < 4.78 is 0. The van der Waals surface area contributed by atoms with Gasteiger partial charge in [-0.1, -0.05) is 18.2 Å². The first-order valence-electron chi connectivity index (χ1n) is 6.11. The normalized spacial score (nSPS) is 10.3. The van der Waals surface area contributed by atoms with E-state index in [4.69, 9.17) is 5.11 Å². The van der Waals surface area contributed by atoms with E-state index in [0.29, 0.717) is 5.56 Å². The third-order valence-electron chi connectivity index (χ3n) is 3.17. The second kappa shape index (κ2) is 5.14. The van der Waals surface area contributed by atoms with Crippen molar-refractivity contribution in [3.8, 4) is 11.1 Å². The van der Waals surface area contributed by atoms with Gasteiger partial charge in [0, 0.05) is 19.8 Å². The summed E-state index contributed by atoms with van der Waals surface area (Å²) in [6.07, 6.45) is 0. The molecule has 0 heterocycles. The Morgan fingerprint density at radius 1 is 1.05 bits per heavy atom. The molecule has 0 atom stereocenters. The maximum absolute atomic E-state index is 10.9. The van der Waals surface area contributed by atoms with Crippen LogP contribution >= 0.6 is 0 Å². The van der Waals surface area contributed by atoms with Crippen molar-refractivity contribution < 1.29 is 9.90 Å². The minimum Gasteiger partial charge on any atom is -0.478 e. The van der Waals surface area contributed by atoms with E-state index in [-0.39, 0.29) is 0 Å². The molecule has 1 N–H and O–H groups in total. The number of hydrogen-bond acceptors (Lipinski definition) is 2. The number of benzene rings is 2. The van der Waals surface area contributed by atoms with E-state index in [2.05, 4.69) is 24.3 Å². The zero-order valence-corrected chi connectivity index (χ0v) is 11.3. The highest BCUT2D eigenvalue weighted by molar-refractivity contribution is 5.89. The summed E-state index contributed by atoms with van der Waals surface area (Å²) >= 11 is 0. The molecule has 0 amide bonds. The van der Waals surface area contributed by atoms with E-state index >= 15 is 0 Å². The van der Waals surface area contributed by atoms with E-state index in [1.54, 1.807) is 12.1 Å². The number of anilines is 1. The molecule has 3 nitrogen and oxygen atoms in total. The number of nitrogens with zero attached hydrogens (tertiary/aromatic N) is 1. The van der Waals surface area contributed by atoms with Crippen LogP contribution < -0.4 is 4.90 Å². The Kier molecular flexibility index (Phi) is 3.56. The van der Waals surface area contributed by atoms with Gasteiger partial charge >= 0.3 is 5.97 Å². The Bertz CT molecular complexity index is 601. The molecule has 0 spiro atoms. The number of rotatable bonds is 3. The zero-order chi connectivity index (χ0) is 14.0. The highest BCUT2D eigenvalue weighted by Gasteiger charge is 2.07. The Balaban J connectivity index is 2.39. The Morgan fingerprint density at radius 2 is 1.68 bits per heavy atom. The number of carbonyl (C=O) groups is 1. The van der Waals surface area contributed by atoms with Crippen LogP contribution in [0.1, 0.15) is 15.9 Å². The van der Waals surface area contributed by atoms with Crippen molar-refractivity contribution in [2.75, 3.05) is 19.0 Å². The SMILES string of the molecule is Cc1cc(C(=O)O)ccc1-c1ccc(N(C)C)cc1. The van der Waals surface area contributed by atoms with Crippen molar-refractivity contribution in [3.63, 3.8) is 0 Å². The lowest BCUT2D eigenvalue weighted by atomic mass is 9.98. The summed E-state index contributed by atoms with van der Waals surface area (Å²) in [5.74, 6) is -0.891. The number of aromatic carboxylic acids is 1. The molecule has 2 rings (SSSR count). The highest BCUT2D eigenvalue weighted by atomic mass is 16.4. The smallest absolute Gasteiger partial charge is 0.335 e. The topological polar surface area (TPSA) is 40.5 Å². The van der Waals surface area contributed by atoms with Gasteiger partial charge < -0.3 is 10.0 Å². The van der Waals surface area contributed by atoms with Gasteiger partial charge in [-0.2, -0.15) is 0 Å². The third-order valence-corrected chi connectivity index (χ3v) is 3.17. The van der Waals surface area contributed by atoms with Gasteiger partial charge in [0.05, 0.1) is 5.56 Å². The predicted octanol–water partition coefficient (Wildman–Crippen LogP) is 3.43. The quantitative estimate of drug-likeness (QED) is 0.913. The lowest BCUT2D eigenvalue weighted by Gasteiger charge is -2.13. The molecule has 3 heteroatoms. The van der Waals surface area contributed by atoms with Gasteiger partial charge in [0.2, 0.25) is 0 Å². The van der Waals surface area contributed by atoms with Crippen LogP contribution in [0.5, 0.6) is 0 Å². The van der Waals surface area contributed by atoms with Crippen LogP contribution in [0.4, 0.5) is 5.69 Å². The first kappa shape index (κ1) is 13.1. The molecule has 98 valence electrons. The van der Waals surface area contributed by atoms with E-state index in [9.17, 15) is 4.79 Å². The average molecular weight is 255 g/mol. The summed E-state index contributed by atoms with van der Waals surface area (Å²) in [6, 6.07) is 13.4. The van der Waals surface area contributed by atoms with Crippen LogP contribution in [0.15, 0.2) is 42.5 Å². The van der Waals surface area contributed by atoms with Crippen molar-refractivity contribution in [2.24, 2.45) is 0 Å². The molecule has 0 saturated heterocycles. The van der Waals surface area contributed by atoms with Crippen LogP contribution in [-0.4, -0.2) is 25.2 Å². The average Bonchev–Trinajstić information content (AvgIpc) is 2.38. The first-order chi connectivity index (χ1) is 8.99. The van der Waals surface area contributed by atoms with Crippen molar-refractivity contribution in [3.05, 3.63) is 53.6 Å². The fourth-order valence-corrected chi connectivity index (χ4v) is 2.06. The fraction of sp³-hybridized carbons (Fsp3) is 0.188. The molecule has 2 aromatic carbocycles. The summed E-state index contributed by atoms with van der Waals surface area (Å²) in [5.41, 5.74) is 4.60. The van der Waals surface area contributed by atoms with Crippen LogP contribution in [0.25, 0.3) is 11.1 Å². The van der Waals surface area contributed by atoms with Gasteiger partial charge in [0.15, 0.2) is 0 Å². The number of aryl methyl sites for hydroxylation is 1. The van der Waals surface area contributed by atoms with Gasteiger partial charge in [-0.05, 0) is 47.9 Å². The molecule has 0 aliphatic rings. The van der Waals surface area contributed by atoms with Crippen LogP contribution in [0.2, 0.25) is 0 Å². The van der Waals surface area contributed by atoms with Crippen molar-refractivity contribution >= 4 is 11.7 Å².